The lowest BCUT2D eigenvalue weighted by Crippen LogP contribution is -2.37. The van der Waals surface area contributed by atoms with E-state index in [1.807, 2.05) is 6.92 Å². The van der Waals surface area contributed by atoms with Crippen molar-refractivity contribution in [2.75, 3.05) is 19.6 Å². The van der Waals surface area contributed by atoms with Crippen LogP contribution in [0.3, 0.4) is 0 Å². The number of nitrogens with zero attached hydrogens (tertiary/aromatic N) is 2. The lowest BCUT2D eigenvalue weighted by atomic mass is 9.93. The number of aryl methyl sites for hydroxylation is 1. The Kier molecular flexibility index (Phi) is 3.62. The molecule has 1 atom stereocenters. The number of aromatic nitrogens is 1. The van der Waals surface area contributed by atoms with Gasteiger partial charge in [-0.25, -0.2) is 4.98 Å². The van der Waals surface area contributed by atoms with E-state index in [1.54, 1.807) is 11.3 Å². The van der Waals surface area contributed by atoms with E-state index >= 15 is 0 Å². The van der Waals surface area contributed by atoms with Crippen LogP contribution >= 0.6 is 11.3 Å². The fraction of sp³-hybridized carbons (Fsp3) is 0.750. The minimum Gasteiger partial charge on any atom is -0.319 e. The van der Waals surface area contributed by atoms with E-state index in [9.17, 15) is 0 Å². The fourth-order valence-corrected chi connectivity index (χ4v) is 3.30. The normalized spacial score (nSPS) is 27.9. The topological polar surface area (TPSA) is 42.1 Å². The molecular formula is C12H21N3S. The average Bonchev–Trinajstić information content (AvgIpc) is 2.61. The number of rotatable bonds is 2. The molecule has 2 N–H and O–H groups in total. The molecule has 1 fully saturated rings. The van der Waals surface area contributed by atoms with Crippen molar-refractivity contribution in [2.24, 2.45) is 5.73 Å². The number of hydrogen-bond donors (Lipinski definition) is 1. The molecular weight excluding hydrogens is 218 g/mol. The van der Waals surface area contributed by atoms with E-state index in [4.69, 9.17) is 5.73 Å². The molecule has 0 saturated carbocycles. The van der Waals surface area contributed by atoms with Gasteiger partial charge in [0.05, 0.1) is 5.54 Å². The Morgan fingerprint density at radius 2 is 2.31 bits per heavy atom. The van der Waals surface area contributed by atoms with Gasteiger partial charge in [0.2, 0.25) is 0 Å². The van der Waals surface area contributed by atoms with Crippen LogP contribution in [0.5, 0.6) is 0 Å². The van der Waals surface area contributed by atoms with Crippen molar-refractivity contribution in [1.82, 2.24) is 9.88 Å². The smallest absolute Gasteiger partial charge is 0.113 e. The highest BCUT2D eigenvalue weighted by atomic mass is 32.1. The zero-order valence-corrected chi connectivity index (χ0v) is 11.0. The highest BCUT2D eigenvalue weighted by molar-refractivity contribution is 7.09. The molecule has 0 spiro atoms. The molecule has 1 unspecified atom stereocenters. The van der Waals surface area contributed by atoms with Crippen LogP contribution in [-0.4, -0.2) is 29.5 Å². The van der Waals surface area contributed by atoms with Crippen molar-refractivity contribution in [1.29, 1.82) is 0 Å². The van der Waals surface area contributed by atoms with Crippen LogP contribution in [0, 0.1) is 6.92 Å². The third-order valence-corrected chi connectivity index (χ3v) is 4.64. The van der Waals surface area contributed by atoms with Crippen LogP contribution in [0.2, 0.25) is 0 Å². The molecule has 0 amide bonds. The second-order valence-corrected chi connectivity index (χ2v) is 5.60. The lowest BCUT2D eigenvalue weighted by molar-refractivity contribution is 0.289. The van der Waals surface area contributed by atoms with Crippen molar-refractivity contribution in [3.63, 3.8) is 0 Å². The molecule has 2 rings (SSSR count). The predicted molar refractivity (Wildman–Crippen MR) is 68.7 cm³/mol. The zero-order valence-electron chi connectivity index (χ0n) is 10.2. The van der Waals surface area contributed by atoms with Gasteiger partial charge >= 0.3 is 0 Å². The summed E-state index contributed by atoms with van der Waals surface area (Å²) in [6, 6.07) is 0. The lowest BCUT2D eigenvalue weighted by Gasteiger charge is -2.25. The Morgan fingerprint density at radius 3 is 2.94 bits per heavy atom. The first-order valence-corrected chi connectivity index (χ1v) is 6.96. The molecule has 2 heterocycles. The first-order valence-electron chi connectivity index (χ1n) is 6.08. The van der Waals surface area contributed by atoms with E-state index in [-0.39, 0.29) is 5.54 Å². The summed E-state index contributed by atoms with van der Waals surface area (Å²) < 4.78 is 0. The van der Waals surface area contributed by atoms with Crippen molar-refractivity contribution in [2.45, 2.75) is 38.6 Å². The van der Waals surface area contributed by atoms with Gasteiger partial charge in [-0.3, -0.25) is 0 Å². The molecule has 1 aliphatic heterocycles. The van der Waals surface area contributed by atoms with E-state index in [2.05, 4.69) is 22.2 Å². The first-order chi connectivity index (χ1) is 7.64. The second-order valence-electron chi connectivity index (χ2n) is 4.74. The summed E-state index contributed by atoms with van der Waals surface area (Å²) in [5, 5.41) is 3.23. The van der Waals surface area contributed by atoms with Crippen LogP contribution in [0.15, 0.2) is 5.38 Å². The van der Waals surface area contributed by atoms with Crippen molar-refractivity contribution < 1.29 is 0 Å². The van der Waals surface area contributed by atoms with Crippen molar-refractivity contribution >= 4 is 11.3 Å². The highest BCUT2D eigenvalue weighted by Crippen LogP contribution is 2.32. The first kappa shape index (κ1) is 12.0. The van der Waals surface area contributed by atoms with E-state index in [1.165, 1.54) is 13.0 Å². The largest absolute Gasteiger partial charge is 0.319 e. The Balaban J connectivity index is 2.13. The van der Waals surface area contributed by atoms with Gasteiger partial charge in [0.15, 0.2) is 0 Å². The van der Waals surface area contributed by atoms with Gasteiger partial charge in [-0.05, 0) is 39.3 Å². The minimum atomic E-state index is -0.178. The van der Waals surface area contributed by atoms with Crippen molar-refractivity contribution in [3.05, 3.63) is 16.1 Å². The second kappa shape index (κ2) is 4.82. The summed E-state index contributed by atoms with van der Waals surface area (Å²) in [6.45, 7) is 7.67. The molecule has 0 aromatic carbocycles. The highest BCUT2D eigenvalue weighted by Gasteiger charge is 2.32. The van der Waals surface area contributed by atoms with Gasteiger partial charge in [-0.15, -0.1) is 11.3 Å². The number of thiazole rings is 1. The standard InChI is InChI=1S/C12H21N3S/c1-3-15-7-4-5-12(13,6-8-15)11-14-10(2)9-16-11/h9H,3-8,13H2,1-2H3. The predicted octanol–water partition coefficient (Wildman–Crippen LogP) is 2.11. The molecule has 4 heteroatoms. The Hall–Kier alpha value is -0.450. The fourth-order valence-electron chi connectivity index (χ4n) is 2.33. The third-order valence-electron chi connectivity index (χ3n) is 3.46. The summed E-state index contributed by atoms with van der Waals surface area (Å²) in [7, 11) is 0. The Labute approximate surface area is 102 Å². The Bertz CT molecular complexity index is 350. The zero-order chi connectivity index (χ0) is 11.6. The SMILES string of the molecule is CCN1CCCC(N)(c2nc(C)cs2)CC1. The van der Waals surface area contributed by atoms with E-state index in [0.717, 1.165) is 36.6 Å². The van der Waals surface area contributed by atoms with Crippen LogP contribution in [0.25, 0.3) is 0 Å². The summed E-state index contributed by atoms with van der Waals surface area (Å²) >= 11 is 1.72. The monoisotopic (exact) mass is 239 g/mol. The average molecular weight is 239 g/mol. The van der Waals surface area contributed by atoms with Gasteiger partial charge < -0.3 is 10.6 Å². The molecule has 1 saturated heterocycles. The van der Waals surface area contributed by atoms with Gasteiger partial charge in [-0.2, -0.15) is 0 Å². The van der Waals surface area contributed by atoms with E-state index < -0.39 is 0 Å². The third kappa shape index (κ3) is 2.44. The summed E-state index contributed by atoms with van der Waals surface area (Å²) in [5.74, 6) is 0. The van der Waals surface area contributed by atoms with Gasteiger partial charge in [0.1, 0.15) is 5.01 Å². The molecule has 0 bridgehead atoms. The van der Waals surface area contributed by atoms with Crippen LogP contribution in [-0.2, 0) is 5.54 Å². The van der Waals surface area contributed by atoms with Crippen LogP contribution in [0.1, 0.15) is 36.9 Å². The summed E-state index contributed by atoms with van der Waals surface area (Å²) in [4.78, 5) is 7.05. The maximum atomic E-state index is 6.53. The molecule has 90 valence electrons. The summed E-state index contributed by atoms with van der Waals surface area (Å²) in [5.41, 5.74) is 7.45. The minimum absolute atomic E-state index is 0.178. The molecule has 1 aromatic heterocycles. The molecule has 16 heavy (non-hydrogen) atoms. The molecule has 3 nitrogen and oxygen atoms in total. The van der Waals surface area contributed by atoms with Crippen LogP contribution < -0.4 is 5.73 Å². The maximum absolute atomic E-state index is 6.53. The summed E-state index contributed by atoms with van der Waals surface area (Å²) in [6.07, 6.45) is 3.28. The quantitative estimate of drug-likeness (QED) is 0.859. The molecule has 0 aliphatic carbocycles. The molecule has 0 radical (unpaired) electrons. The Morgan fingerprint density at radius 1 is 1.50 bits per heavy atom. The van der Waals surface area contributed by atoms with Gasteiger partial charge in [0, 0.05) is 17.6 Å². The molecule has 1 aliphatic rings. The van der Waals surface area contributed by atoms with Crippen molar-refractivity contribution in [3.8, 4) is 0 Å². The molecule has 1 aromatic rings. The number of nitrogens with two attached hydrogens (primary N) is 1. The van der Waals surface area contributed by atoms with Gasteiger partial charge in [-0.1, -0.05) is 6.92 Å². The van der Waals surface area contributed by atoms with Crippen LogP contribution in [0.4, 0.5) is 0 Å². The maximum Gasteiger partial charge on any atom is 0.113 e. The number of hydrogen-bond acceptors (Lipinski definition) is 4. The van der Waals surface area contributed by atoms with E-state index in [0.29, 0.717) is 0 Å². The van der Waals surface area contributed by atoms with Gasteiger partial charge in [0.25, 0.3) is 0 Å². The number of likely N-dealkylation sites (tertiary alicyclic amines) is 1.